The fourth-order valence-electron chi connectivity index (χ4n) is 0.948. The zero-order valence-electron chi connectivity index (χ0n) is 10.4. The molecule has 0 amide bonds. The van der Waals surface area contributed by atoms with Gasteiger partial charge in [-0.2, -0.15) is 0 Å². The molecule has 0 atom stereocenters. The maximum atomic E-state index is 5.54. The lowest BCUT2D eigenvalue weighted by atomic mass is 10.1. The molecule has 0 aliphatic carbocycles. The van der Waals surface area contributed by atoms with Gasteiger partial charge in [-0.25, -0.2) is 0 Å². The zero-order chi connectivity index (χ0) is 11.9. The fourth-order valence-corrected chi connectivity index (χ4v) is 0.948. The van der Waals surface area contributed by atoms with Gasteiger partial charge in [-0.1, -0.05) is 30.9 Å². The lowest BCUT2D eigenvalue weighted by Crippen LogP contribution is -2.28. The van der Waals surface area contributed by atoms with Crippen LogP contribution >= 0.6 is 0 Å². The van der Waals surface area contributed by atoms with Crippen LogP contribution in [0.1, 0.15) is 27.7 Å². The summed E-state index contributed by atoms with van der Waals surface area (Å²) < 4.78 is 5.54. The molecule has 0 aromatic carbocycles. The summed E-state index contributed by atoms with van der Waals surface area (Å²) in [5.74, 6) is 0. The highest BCUT2D eigenvalue weighted by Gasteiger charge is 2.08. The van der Waals surface area contributed by atoms with Crippen LogP contribution < -0.4 is 5.32 Å². The molecule has 0 radical (unpaired) electrons. The van der Waals surface area contributed by atoms with Crippen LogP contribution in [0.3, 0.4) is 0 Å². The first-order chi connectivity index (χ1) is 6.87. The van der Waals surface area contributed by atoms with Crippen molar-refractivity contribution in [3.63, 3.8) is 0 Å². The van der Waals surface area contributed by atoms with E-state index in [1.54, 1.807) is 6.08 Å². The Morgan fingerprint density at radius 1 is 1.40 bits per heavy atom. The van der Waals surface area contributed by atoms with Gasteiger partial charge in [0.25, 0.3) is 0 Å². The van der Waals surface area contributed by atoms with Crippen molar-refractivity contribution in [3.8, 4) is 0 Å². The molecule has 1 N–H and O–H groups in total. The molecule has 0 spiro atoms. The van der Waals surface area contributed by atoms with Crippen LogP contribution in [-0.4, -0.2) is 18.9 Å². The van der Waals surface area contributed by atoms with Crippen molar-refractivity contribution in [3.05, 3.63) is 36.5 Å². The molecular formula is C13H23NO. The highest BCUT2D eigenvalue weighted by Crippen LogP contribution is 2.07. The van der Waals surface area contributed by atoms with E-state index in [4.69, 9.17) is 4.74 Å². The third-order valence-corrected chi connectivity index (χ3v) is 1.79. The Morgan fingerprint density at radius 2 is 2.00 bits per heavy atom. The zero-order valence-corrected chi connectivity index (χ0v) is 10.4. The number of hydrogen-bond donors (Lipinski definition) is 1. The second-order valence-electron chi connectivity index (χ2n) is 4.54. The molecule has 0 bridgehead atoms. The van der Waals surface area contributed by atoms with Gasteiger partial charge in [0.15, 0.2) is 0 Å². The first-order valence-corrected chi connectivity index (χ1v) is 5.19. The average molecular weight is 209 g/mol. The highest BCUT2D eigenvalue weighted by atomic mass is 16.5. The van der Waals surface area contributed by atoms with E-state index >= 15 is 0 Å². The van der Waals surface area contributed by atoms with Crippen molar-refractivity contribution in [2.24, 2.45) is 0 Å². The first-order valence-electron chi connectivity index (χ1n) is 5.19. The highest BCUT2D eigenvalue weighted by molar-refractivity contribution is 5.30. The minimum Gasteiger partial charge on any atom is -0.361 e. The predicted molar refractivity (Wildman–Crippen MR) is 66.8 cm³/mol. The van der Waals surface area contributed by atoms with E-state index in [2.05, 4.69) is 18.5 Å². The van der Waals surface area contributed by atoms with Crippen LogP contribution in [0, 0.1) is 0 Å². The number of allylic oxidation sites excluding steroid dienone is 2. The molecule has 2 nitrogen and oxygen atoms in total. The Labute approximate surface area is 93.7 Å². The van der Waals surface area contributed by atoms with Crippen molar-refractivity contribution < 1.29 is 4.74 Å². The summed E-state index contributed by atoms with van der Waals surface area (Å²) in [7, 11) is 0. The molecule has 15 heavy (non-hydrogen) atoms. The summed E-state index contributed by atoms with van der Waals surface area (Å²) in [4.78, 5) is 0. The summed E-state index contributed by atoms with van der Waals surface area (Å²) in [6.07, 6.45) is 3.74. The summed E-state index contributed by atoms with van der Waals surface area (Å²) in [6.45, 7) is 17.0. The van der Waals surface area contributed by atoms with Gasteiger partial charge >= 0.3 is 0 Å². The van der Waals surface area contributed by atoms with Gasteiger partial charge in [-0.3, -0.25) is 5.32 Å². The monoisotopic (exact) mass is 209 g/mol. The quantitative estimate of drug-likeness (QED) is 0.412. The van der Waals surface area contributed by atoms with E-state index in [0.29, 0.717) is 6.73 Å². The van der Waals surface area contributed by atoms with Crippen molar-refractivity contribution >= 4 is 0 Å². The first kappa shape index (κ1) is 14.1. The van der Waals surface area contributed by atoms with Crippen LogP contribution in [0.4, 0.5) is 0 Å². The Kier molecular flexibility index (Phi) is 6.21. The average Bonchev–Trinajstić information content (AvgIpc) is 2.08. The number of rotatable bonds is 6. The largest absolute Gasteiger partial charge is 0.361 e. The maximum Gasteiger partial charge on any atom is 0.0975 e. The van der Waals surface area contributed by atoms with Crippen molar-refractivity contribution in [2.45, 2.75) is 33.3 Å². The molecule has 2 heteroatoms. The molecule has 0 aromatic heterocycles. The Bertz CT molecular complexity index is 246. The lowest BCUT2D eigenvalue weighted by Gasteiger charge is -2.20. The SMILES string of the molecule is C=C/C=C(/CNCOC(C)(C)C)C(=C)C. The summed E-state index contributed by atoms with van der Waals surface area (Å²) in [5, 5.41) is 3.21. The van der Waals surface area contributed by atoms with Gasteiger partial charge in [0, 0.05) is 6.54 Å². The van der Waals surface area contributed by atoms with Crippen LogP contribution in [0.2, 0.25) is 0 Å². The Hall–Kier alpha value is -0.860. The molecule has 0 aromatic rings. The predicted octanol–water partition coefficient (Wildman–Crippen LogP) is 3.04. The van der Waals surface area contributed by atoms with Crippen LogP contribution in [0.25, 0.3) is 0 Å². The molecule has 0 saturated heterocycles. The Morgan fingerprint density at radius 3 is 2.40 bits per heavy atom. The van der Waals surface area contributed by atoms with E-state index in [-0.39, 0.29) is 5.60 Å². The van der Waals surface area contributed by atoms with Gasteiger partial charge < -0.3 is 4.74 Å². The molecule has 0 rings (SSSR count). The molecule has 86 valence electrons. The van der Waals surface area contributed by atoms with Crippen molar-refractivity contribution in [1.82, 2.24) is 5.32 Å². The van der Waals surface area contributed by atoms with Crippen molar-refractivity contribution in [1.29, 1.82) is 0 Å². The van der Waals surface area contributed by atoms with Gasteiger partial charge in [-0.15, -0.1) is 0 Å². The fraction of sp³-hybridized carbons (Fsp3) is 0.538. The minimum atomic E-state index is -0.0987. The molecule has 0 aliphatic rings. The van der Waals surface area contributed by atoms with Gasteiger partial charge in [0.2, 0.25) is 0 Å². The second-order valence-corrected chi connectivity index (χ2v) is 4.54. The van der Waals surface area contributed by atoms with E-state index in [9.17, 15) is 0 Å². The van der Waals surface area contributed by atoms with Gasteiger partial charge in [0.05, 0.1) is 12.3 Å². The molecule has 0 heterocycles. The van der Waals surface area contributed by atoms with Gasteiger partial charge in [-0.05, 0) is 33.3 Å². The van der Waals surface area contributed by atoms with E-state index in [1.807, 2.05) is 33.8 Å². The smallest absolute Gasteiger partial charge is 0.0975 e. The van der Waals surface area contributed by atoms with E-state index in [0.717, 1.165) is 17.7 Å². The van der Waals surface area contributed by atoms with Crippen LogP contribution in [-0.2, 0) is 4.74 Å². The molecule has 0 unspecified atom stereocenters. The molecule has 0 aliphatic heterocycles. The number of hydrogen-bond acceptors (Lipinski definition) is 2. The third-order valence-electron chi connectivity index (χ3n) is 1.79. The minimum absolute atomic E-state index is 0.0987. The summed E-state index contributed by atoms with van der Waals surface area (Å²) in [6, 6.07) is 0. The second kappa shape index (κ2) is 6.59. The summed E-state index contributed by atoms with van der Waals surface area (Å²) in [5.41, 5.74) is 2.11. The molecule has 0 saturated carbocycles. The number of nitrogens with one attached hydrogen (secondary N) is 1. The lowest BCUT2D eigenvalue weighted by molar-refractivity contribution is -0.0120. The van der Waals surface area contributed by atoms with Crippen molar-refractivity contribution in [2.75, 3.05) is 13.3 Å². The van der Waals surface area contributed by atoms with Crippen LogP contribution in [0.5, 0.6) is 0 Å². The van der Waals surface area contributed by atoms with E-state index in [1.165, 1.54) is 0 Å². The standard InChI is InChI=1S/C13H23NO/c1-7-8-12(11(2)3)9-14-10-15-13(4,5)6/h7-8,14H,1-2,9-10H2,3-6H3/b12-8-. The van der Waals surface area contributed by atoms with Crippen LogP contribution in [0.15, 0.2) is 36.5 Å². The Balaban J connectivity index is 3.88. The summed E-state index contributed by atoms with van der Waals surface area (Å²) >= 11 is 0. The maximum absolute atomic E-state index is 5.54. The van der Waals surface area contributed by atoms with Gasteiger partial charge in [0.1, 0.15) is 0 Å². The third kappa shape index (κ3) is 8.16. The molecule has 0 fully saturated rings. The number of ether oxygens (including phenoxy) is 1. The molecular weight excluding hydrogens is 186 g/mol. The van der Waals surface area contributed by atoms with E-state index < -0.39 is 0 Å². The topological polar surface area (TPSA) is 21.3 Å². The normalized spacial score (nSPS) is 12.7.